The number of anilines is 2. The Morgan fingerprint density at radius 1 is 1.15 bits per heavy atom. The number of rotatable bonds is 5. The maximum absolute atomic E-state index is 13.1. The number of nitrogens with one attached hydrogen (secondary N) is 3. The molecule has 33 heavy (non-hydrogen) atoms. The molecule has 2 heterocycles. The lowest BCUT2D eigenvalue weighted by atomic mass is 10.0. The molecule has 1 amide bonds. The third-order valence-corrected chi connectivity index (χ3v) is 5.06. The van der Waals surface area contributed by atoms with Crippen molar-refractivity contribution in [1.82, 2.24) is 15.9 Å². The number of alkyl halides is 3. The number of amides is 1. The van der Waals surface area contributed by atoms with E-state index in [0.29, 0.717) is 5.70 Å². The summed E-state index contributed by atoms with van der Waals surface area (Å²) in [6.45, 7) is 1.89. The molecule has 0 radical (unpaired) electrons. The average Bonchev–Trinajstić information content (AvgIpc) is 3.29. The Morgan fingerprint density at radius 3 is 2.67 bits per heavy atom. The predicted octanol–water partition coefficient (Wildman–Crippen LogP) is 4.50. The van der Waals surface area contributed by atoms with E-state index < -0.39 is 17.6 Å². The van der Waals surface area contributed by atoms with Gasteiger partial charge in [0, 0.05) is 23.5 Å². The molecule has 0 saturated heterocycles. The minimum Gasteiger partial charge on any atom is -0.495 e. The highest BCUT2D eigenvalue weighted by atomic mass is 19.4. The third-order valence-electron chi connectivity index (χ3n) is 5.06. The molecule has 0 aliphatic carbocycles. The summed E-state index contributed by atoms with van der Waals surface area (Å²) in [5.74, 6) is -0.440. The van der Waals surface area contributed by atoms with Gasteiger partial charge in [-0.2, -0.15) is 13.2 Å². The van der Waals surface area contributed by atoms with Crippen molar-refractivity contribution in [3.8, 4) is 5.75 Å². The number of aromatic nitrogens is 1. The highest BCUT2D eigenvalue weighted by molar-refractivity contribution is 6.05. The maximum atomic E-state index is 13.1. The number of nitrogens with zero attached hydrogens (tertiary/aromatic N) is 2. The van der Waals surface area contributed by atoms with Gasteiger partial charge in [-0.1, -0.05) is 6.07 Å². The lowest BCUT2D eigenvalue weighted by Gasteiger charge is -2.15. The van der Waals surface area contributed by atoms with Gasteiger partial charge in [-0.15, -0.1) is 5.53 Å². The van der Waals surface area contributed by atoms with Crippen LogP contribution in [0.1, 0.15) is 27.0 Å². The Labute approximate surface area is 187 Å². The summed E-state index contributed by atoms with van der Waals surface area (Å²) in [5.41, 5.74) is 8.54. The van der Waals surface area contributed by atoms with Crippen molar-refractivity contribution in [3.05, 3.63) is 89.4 Å². The Kier molecular flexibility index (Phi) is 5.93. The lowest BCUT2D eigenvalue weighted by molar-refractivity contribution is -0.137. The summed E-state index contributed by atoms with van der Waals surface area (Å²) >= 11 is 0. The highest BCUT2D eigenvalue weighted by Gasteiger charge is 2.31. The Morgan fingerprint density at radius 2 is 1.97 bits per heavy atom. The molecule has 0 atom stereocenters. The second-order valence-electron chi connectivity index (χ2n) is 7.26. The topological polar surface area (TPSA) is 78.5 Å². The van der Waals surface area contributed by atoms with Crippen LogP contribution in [0.3, 0.4) is 0 Å². The van der Waals surface area contributed by atoms with Crippen molar-refractivity contribution in [1.29, 1.82) is 0 Å². The van der Waals surface area contributed by atoms with Gasteiger partial charge in [-0.05, 0) is 55.0 Å². The normalized spacial score (nSPS) is 13.4. The zero-order chi connectivity index (χ0) is 23.6. The van der Waals surface area contributed by atoms with E-state index in [9.17, 15) is 18.0 Å². The smallest absolute Gasteiger partial charge is 0.416 e. The van der Waals surface area contributed by atoms with Gasteiger partial charge in [0.05, 0.1) is 35.9 Å². The second kappa shape index (κ2) is 8.83. The molecule has 7 nitrogen and oxygen atoms in total. The fourth-order valence-corrected chi connectivity index (χ4v) is 3.32. The number of aryl methyl sites for hydroxylation is 1. The summed E-state index contributed by atoms with van der Waals surface area (Å²) in [6, 6.07) is 11.6. The highest BCUT2D eigenvalue weighted by Crippen LogP contribution is 2.35. The fraction of sp³-hybridized carbons (Fsp3) is 0.130. The van der Waals surface area contributed by atoms with Crippen molar-refractivity contribution in [2.75, 3.05) is 17.4 Å². The first kappa shape index (κ1) is 22.2. The molecule has 0 bridgehead atoms. The van der Waals surface area contributed by atoms with Crippen molar-refractivity contribution in [2.45, 2.75) is 13.1 Å². The van der Waals surface area contributed by atoms with Crippen LogP contribution < -0.4 is 26.0 Å². The zero-order valence-corrected chi connectivity index (χ0v) is 17.7. The summed E-state index contributed by atoms with van der Waals surface area (Å²) in [5, 5.41) is 4.26. The number of halogens is 3. The van der Waals surface area contributed by atoms with Crippen LogP contribution in [0.4, 0.5) is 24.5 Å². The van der Waals surface area contributed by atoms with Crippen LogP contribution >= 0.6 is 0 Å². The van der Waals surface area contributed by atoms with E-state index in [0.717, 1.165) is 28.9 Å². The van der Waals surface area contributed by atoms with E-state index >= 15 is 0 Å². The molecule has 0 spiro atoms. The van der Waals surface area contributed by atoms with E-state index in [-0.39, 0.29) is 17.0 Å². The van der Waals surface area contributed by atoms with Crippen molar-refractivity contribution < 1.29 is 22.7 Å². The number of hydrogen-bond acceptors (Lipinski definition) is 6. The molecule has 3 N–H and O–H groups in total. The summed E-state index contributed by atoms with van der Waals surface area (Å²) in [7, 11) is 1.32. The van der Waals surface area contributed by atoms with Crippen LogP contribution in [0.15, 0.2) is 67.1 Å². The molecule has 4 rings (SSSR count). The molecule has 10 heteroatoms. The quantitative estimate of drug-likeness (QED) is 0.526. The van der Waals surface area contributed by atoms with Crippen LogP contribution in [0.2, 0.25) is 0 Å². The lowest BCUT2D eigenvalue weighted by Crippen LogP contribution is -2.36. The number of hydrazine groups is 2. The zero-order valence-electron chi connectivity index (χ0n) is 17.7. The molecule has 0 saturated carbocycles. The van der Waals surface area contributed by atoms with Gasteiger partial charge in [0.15, 0.2) is 0 Å². The molecule has 1 aliphatic rings. The van der Waals surface area contributed by atoms with Crippen LogP contribution in [0, 0.1) is 6.92 Å². The van der Waals surface area contributed by atoms with Crippen LogP contribution in [0.25, 0.3) is 5.70 Å². The Bertz CT molecular complexity index is 1210. The molecule has 1 aromatic heterocycles. The predicted molar refractivity (Wildman–Crippen MR) is 118 cm³/mol. The first-order chi connectivity index (χ1) is 15.8. The first-order valence-corrected chi connectivity index (χ1v) is 9.86. The molecule has 0 unspecified atom stereocenters. The molecule has 0 fully saturated rings. The van der Waals surface area contributed by atoms with Gasteiger partial charge < -0.3 is 15.5 Å². The Balaban J connectivity index is 1.60. The number of benzene rings is 2. The van der Waals surface area contributed by atoms with Crippen LogP contribution in [-0.2, 0) is 6.18 Å². The Hall–Kier alpha value is -4.05. The SMILES string of the molecule is COc1ccc(C(F)(F)F)cc1NC(=O)c1ccc(C)c(C2=CN(c3cccnc3)NN2)c1. The number of hydrogen-bond donors (Lipinski definition) is 3. The van der Waals surface area contributed by atoms with Gasteiger partial charge in [0.2, 0.25) is 0 Å². The van der Waals surface area contributed by atoms with Crippen molar-refractivity contribution in [3.63, 3.8) is 0 Å². The number of carbonyl (C=O) groups is 1. The molecule has 1 aliphatic heterocycles. The molecule has 3 aromatic rings. The van der Waals surface area contributed by atoms with E-state index in [1.165, 1.54) is 13.2 Å². The number of carbonyl (C=O) groups excluding carboxylic acids is 1. The second-order valence-corrected chi connectivity index (χ2v) is 7.26. The number of pyridine rings is 1. The number of methoxy groups -OCH3 is 1. The average molecular weight is 455 g/mol. The molecular formula is C23H20F3N5O2. The monoisotopic (exact) mass is 455 g/mol. The van der Waals surface area contributed by atoms with E-state index in [1.54, 1.807) is 41.7 Å². The molecule has 2 aromatic carbocycles. The standard InChI is InChI=1S/C23H20F3N5O2/c1-14-5-6-15(10-18(14)20-13-31(30-29-20)17-4-3-9-27-12-17)22(32)28-19-11-16(23(24,25)26)7-8-21(19)33-2/h3-13,29-30H,1-2H3,(H,28,32). The molecular weight excluding hydrogens is 435 g/mol. The fourth-order valence-electron chi connectivity index (χ4n) is 3.32. The number of ether oxygens (including phenoxy) is 1. The van der Waals surface area contributed by atoms with E-state index in [2.05, 4.69) is 21.3 Å². The van der Waals surface area contributed by atoms with Gasteiger partial charge >= 0.3 is 6.18 Å². The van der Waals surface area contributed by atoms with Crippen LogP contribution in [-0.4, -0.2) is 18.0 Å². The van der Waals surface area contributed by atoms with Crippen molar-refractivity contribution >= 4 is 23.0 Å². The summed E-state index contributed by atoms with van der Waals surface area (Å²) in [4.78, 5) is 17.0. The minimum atomic E-state index is -4.55. The minimum absolute atomic E-state index is 0.0675. The first-order valence-electron chi connectivity index (χ1n) is 9.86. The molecule has 170 valence electrons. The summed E-state index contributed by atoms with van der Waals surface area (Å²) < 4.78 is 44.4. The van der Waals surface area contributed by atoms with Gasteiger partial charge in [0.25, 0.3) is 5.91 Å². The van der Waals surface area contributed by atoms with Gasteiger partial charge in [-0.25, -0.2) is 0 Å². The van der Waals surface area contributed by atoms with E-state index in [4.69, 9.17) is 4.74 Å². The van der Waals surface area contributed by atoms with Gasteiger partial charge in [0.1, 0.15) is 5.75 Å². The van der Waals surface area contributed by atoms with Crippen molar-refractivity contribution in [2.24, 2.45) is 0 Å². The largest absolute Gasteiger partial charge is 0.495 e. The van der Waals surface area contributed by atoms with Crippen LogP contribution in [0.5, 0.6) is 5.75 Å². The summed E-state index contributed by atoms with van der Waals surface area (Å²) in [6.07, 6.45) is 0.629. The van der Waals surface area contributed by atoms with Gasteiger partial charge in [-0.3, -0.25) is 14.8 Å². The third kappa shape index (κ3) is 4.75. The van der Waals surface area contributed by atoms with E-state index in [1.807, 2.05) is 19.2 Å². The maximum Gasteiger partial charge on any atom is 0.416 e.